The van der Waals surface area contributed by atoms with Crippen LogP contribution < -0.4 is 9.47 Å². The molecule has 2 rings (SSSR count). The molecule has 0 amide bonds. The van der Waals surface area contributed by atoms with Gasteiger partial charge in [-0.15, -0.1) is 5.73 Å². The minimum atomic E-state index is 0.328. The molecule has 0 saturated heterocycles. The SMILES string of the molecule is CCCCC=C=Cc1ccc2c(c1)OCO2. The molecule has 16 heavy (non-hydrogen) atoms. The van der Waals surface area contributed by atoms with E-state index in [4.69, 9.17) is 9.47 Å². The predicted molar refractivity (Wildman–Crippen MR) is 64.6 cm³/mol. The predicted octanol–water partition coefficient (Wildman–Crippen LogP) is 3.77. The van der Waals surface area contributed by atoms with Crippen LogP contribution in [0.4, 0.5) is 0 Å². The van der Waals surface area contributed by atoms with E-state index in [1.807, 2.05) is 24.3 Å². The molecular formula is C14H16O2. The van der Waals surface area contributed by atoms with Crippen molar-refractivity contribution < 1.29 is 9.47 Å². The monoisotopic (exact) mass is 216 g/mol. The Morgan fingerprint density at radius 1 is 1.31 bits per heavy atom. The van der Waals surface area contributed by atoms with Crippen LogP contribution in [0.3, 0.4) is 0 Å². The van der Waals surface area contributed by atoms with Gasteiger partial charge in [-0.2, -0.15) is 0 Å². The molecule has 0 bridgehead atoms. The lowest BCUT2D eigenvalue weighted by Gasteiger charge is -1.95. The second-order valence-corrected chi connectivity index (χ2v) is 3.77. The van der Waals surface area contributed by atoms with Crippen molar-refractivity contribution in [3.05, 3.63) is 35.6 Å². The number of fused-ring (bicyclic) bond motifs is 1. The van der Waals surface area contributed by atoms with Gasteiger partial charge in [-0.05, 0) is 42.7 Å². The summed E-state index contributed by atoms with van der Waals surface area (Å²) in [6.45, 7) is 2.52. The lowest BCUT2D eigenvalue weighted by molar-refractivity contribution is 0.174. The highest BCUT2D eigenvalue weighted by atomic mass is 16.7. The maximum absolute atomic E-state index is 5.30. The van der Waals surface area contributed by atoms with Crippen molar-refractivity contribution in [1.82, 2.24) is 0 Å². The molecule has 84 valence electrons. The number of hydrogen-bond acceptors (Lipinski definition) is 2. The van der Waals surface area contributed by atoms with Crippen LogP contribution in [0.25, 0.3) is 6.08 Å². The molecule has 0 aliphatic carbocycles. The highest BCUT2D eigenvalue weighted by Crippen LogP contribution is 2.32. The standard InChI is InChI=1S/C14H16O2/c1-2-3-4-5-6-7-12-8-9-13-14(10-12)16-11-15-13/h5,7-10H,2-4,11H2,1H3. The molecule has 0 aromatic heterocycles. The minimum Gasteiger partial charge on any atom is -0.454 e. The van der Waals surface area contributed by atoms with Gasteiger partial charge in [0.15, 0.2) is 11.5 Å². The Labute approximate surface area is 96.2 Å². The van der Waals surface area contributed by atoms with Gasteiger partial charge in [-0.3, -0.25) is 0 Å². The van der Waals surface area contributed by atoms with E-state index < -0.39 is 0 Å². The van der Waals surface area contributed by atoms with E-state index in [2.05, 4.69) is 18.7 Å². The molecule has 2 heteroatoms. The van der Waals surface area contributed by atoms with Crippen molar-refractivity contribution in [3.63, 3.8) is 0 Å². The first-order valence-electron chi connectivity index (χ1n) is 5.71. The lowest BCUT2D eigenvalue weighted by atomic mass is 10.2. The van der Waals surface area contributed by atoms with Crippen molar-refractivity contribution in [3.8, 4) is 11.5 Å². The van der Waals surface area contributed by atoms with E-state index in [-0.39, 0.29) is 0 Å². The molecule has 2 nitrogen and oxygen atoms in total. The number of hydrogen-bond donors (Lipinski definition) is 0. The Morgan fingerprint density at radius 2 is 2.19 bits per heavy atom. The van der Waals surface area contributed by atoms with Gasteiger partial charge in [0.2, 0.25) is 6.79 Å². The van der Waals surface area contributed by atoms with Gasteiger partial charge in [0, 0.05) is 0 Å². The quantitative estimate of drug-likeness (QED) is 0.563. The van der Waals surface area contributed by atoms with Crippen molar-refractivity contribution in [2.24, 2.45) is 0 Å². The summed E-state index contributed by atoms with van der Waals surface area (Å²) < 4.78 is 10.6. The van der Waals surface area contributed by atoms with E-state index >= 15 is 0 Å². The highest BCUT2D eigenvalue weighted by molar-refractivity contribution is 5.56. The van der Waals surface area contributed by atoms with Gasteiger partial charge >= 0.3 is 0 Å². The van der Waals surface area contributed by atoms with Gasteiger partial charge in [-0.1, -0.05) is 19.4 Å². The highest BCUT2D eigenvalue weighted by Gasteiger charge is 2.11. The fourth-order valence-electron chi connectivity index (χ4n) is 1.55. The first kappa shape index (κ1) is 10.8. The first-order valence-corrected chi connectivity index (χ1v) is 5.71. The summed E-state index contributed by atoms with van der Waals surface area (Å²) >= 11 is 0. The van der Waals surface area contributed by atoms with Crippen LogP contribution in [-0.4, -0.2) is 6.79 Å². The number of allylic oxidation sites excluding steroid dienone is 1. The van der Waals surface area contributed by atoms with Crippen LogP contribution in [-0.2, 0) is 0 Å². The van der Waals surface area contributed by atoms with Crippen molar-refractivity contribution in [2.75, 3.05) is 6.79 Å². The van der Waals surface area contributed by atoms with Gasteiger partial charge in [0.25, 0.3) is 0 Å². The van der Waals surface area contributed by atoms with Crippen molar-refractivity contribution in [2.45, 2.75) is 26.2 Å². The van der Waals surface area contributed by atoms with Crippen LogP contribution >= 0.6 is 0 Å². The third kappa shape index (κ3) is 2.68. The Balaban J connectivity index is 2.02. The van der Waals surface area contributed by atoms with Gasteiger partial charge in [0.05, 0.1) is 0 Å². The van der Waals surface area contributed by atoms with E-state index in [9.17, 15) is 0 Å². The van der Waals surface area contributed by atoms with E-state index in [0.29, 0.717) is 6.79 Å². The molecule has 1 aromatic rings. The molecule has 0 saturated carbocycles. The van der Waals surface area contributed by atoms with Crippen LogP contribution in [0.5, 0.6) is 11.5 Å². The van der Waals surface area contributed by atoms with Gasteiger partial charge in [0.1, 0.15) is 0 Å². The lowest BCUT2D eigenvalue weighted by Crippen LogP contribution is -1.92. The smallest absolute Gasteiger partial charge is 0.231 e. The number of rotatable bonds is 4. The van der Waals surface area contributed by atoms with Crippen LogP contribution in [0.1, 0.15) is 31.7 Å². The molecular weight excluding hydrogens is 200 g/mol. The Kier molecular flexibility index (Phi) is 3.68. The van der Waals surface area contributed by atoms with Crippen LogP contribution in [0, 0.1) is 0 Å². The average Bonchev–Trinajstić information content (AvgIpc) is 2.76. The number of benzene rings is 1. The first-order chi connectivity index (χ1) is 7.90. The molecule has 0 N–H and O–H groups in total. The zero-order chi connectivity index (χ0) is 11.2. The fraction of sp³-hybridized carbons (Fsp3) is 0.357. The van der Waals surface area contributed by atoms with Gasteiger partial charge < -0.3 is 9.47 Å². The number of unbranched alkanes of at least 4 members (excludes halogenated alkanes) is 2. The molecule has 1 aliphatic rings. The van der Waals surface area contributed by atoms with Crippen LogP contribution in [0.15, 0.2) is 30.0 Å². The molecule has 0 radical (unpaired) electrons. The summed E-state index contributed by atoms with van der Waals surface area (Å²) in [6.07, 6.45) is 7.59. The van der Waals surface area contributed by atoms with Crippen LogP contribution in [0.2, 0.25) is 0 Å². The molecule has 0 spiro atoms. The summed E-state index contributed by atoms with van der Waals surface area (Å²) in [5.41, 5.74) is 4.28. The summed E-state index contributed by atoms with van der Waals surface area (Å²) in [5.74, 6) is 1.65. The van der Waals surface area contributed by atoms with E-state index in [0.717, 1.165) is 23.5 Å². The Morgan fingerprint density at radius 3 is 3.06 bits per heavy atom. The summed E-state index contributed by atoms with van der Waals surface area (Å²) in [7, 11) is 0. The summed E-state index contributed by atoms with van der Waals surface area (Å²) in [5, 5.41) is 0. The van der Waals surface area contributed by atoms with E-state index in [1.54, 1.807) is 0 Å². The largest absolute Gasteiger partial charge is 0.454 e. The Hall–Kier alpha value is -1.66. The second-order valence-electron chi connectivity index (χ2n) is 3.77. The molecule has 0 atom stereocenters. The third-order valence-electron chi connectivity index (χ3n) is 2.47. The Bertz CT molecular complexity index is 415. The zero-order valence-electron chi connectivity index (χ0n) is 9.53. The maximum atomic E-state index is 5.30. The van der Waals surface area contributed by atoms with Crippen molar-refractivity contribution in [1.29, 1.82) is 0 Å². The molecule has 1 aliphatic heterocycles. The fourth-order valence-corrected chi connectivity index (χ4v) is 1.55. The van der Waals surface area contributed by atoms with Gasteiger partial charge in [-0.25, -0.2) is 0 Å². The summed E-state index contributed by atoms with van der Waals surface area (Å²) in [6, 6.07) is 5.92. The third-order valence-corrected chi connectivity index (χ3v) is 2.47. The number of ether oxygens (including phenoxy) is 2. The maximum Gasteiger partial charge on any atom is 0.231 e. The topological polar surface area (TPSA) is 18.5 Å². The molecule has 0 unspecified atom stereocenters. The second kappa shape index (κ2) is 5.43. The molecule has 0 fully saturated rings. The summed E-state index contributed by atoms with van der Waals surface area (Å²) in [4.78, 5) is 0. The van der Waals surface area contributed by atoms with E-state index in [1.165, 1.54) is 12.8 Å². The molecule has 1 aromatic carbocycles. The normalized spacial score (nSPS) is 12.1. The minimum absolute atomic E-state index is 0.328. The average molecular weight is 216 g/mol. The van der Waals surface area contributed by atoms with Crippen molar-refractivity contribution >= 4 is 6.08 Å². The zero-order valence-corrected chi connectivity index (χ0v) is 9.53. The molecule has 1 heterocycles.